The third-order valence-electron chi connectivity index (χ3n) is 2.20. The minimum Gasteiger partial charge on any atom is -0.429 e. The van der Waals surface area contributed by atoms with Crippen molar-refractivity contribution in [3.05, 3.63) is 59.6 Å². The van der Waals surface area contributed by atoms with E-state index >= 15 is 0 Å². The Labute approximate surface area is 111 Å². The van der Waals surface area contributed by atoms with Gasteiger partial charge in [-0.25, -0.2) is 0 Å². The second-order valence-electron chi connectivity index (χ2n) is 3.87. The van der Waals surface area contributed by atoms with Crippen LogP contribution in [0.5, 0.6) is 5.75 Å². The monoisotopic (exact) mass is 281 g/mol. The van der Waals surface area contributed by atoms with E-state index in [4.69, 9.17) is 16.1 Å². The molecule has 0 radical (unpaired) electrons. The molecule has 2 rings (SSSR count). The van der Waals surface area contributed by atoms with Crippen molar-refractivity contribution in [1.29, 1.82) is 0 Å². The van der Waals surface area contributed by atoms with Gasteiger partial charge < -0.3 is 9.61 Å². The van der Waals surface area contributed by atoms with Crippen LogP contribution < -0.4 is 9.61 Å². The molecule has 0 aliphatic rings. The molecule has 2 aromatic carbocycles. The molecular formula is C13H13ClNO2P. The fraction of sp³-hybridized carbons (Fsp3) is 0.0769. The standard InChI is InChI=1S/C13H13ClNO2P/c1-18(16,15-12-5-3-2-4-6-12)17-13-9-7-11(14)8-10-13/h2-10H,1H3,(H,15,16)/t18-/m0/s1. The Hall–Kier alpha value is -1.44. The summed E-state index contributed by atoms with van der Waals surface area (Å²) < 4.78 is 17.7. The van der Waals surface area contributed by atoms with Crippen molar-refractivity contribution in [3.8, 4) is 5.75 Å². The topological polar surface area (TPSA) is 38.3 Å². The highest BCUT2D eigenvalue weighted by Crippen LogP contribution is 2.43. The van der Waals surface area contributed by atoms with Crippen molar-refractivity contribution < 1.29 is 9.09 Å². The van der Waals surface area contributed by atoms with Crippen LogP contribution in [0.2, 0.25) is 5.02 Å². The first kappa shape index (κ1) is 13.0. The van der Waals surface area contributed by atoms with Crippen LogP contribution >= 0.6 is 19.1 Å². The summed E-state index contributed by atoms with van der Waals surface area (Å²) in [4.78, 5) is 0. The lowest BCUT2D eigenvalue weighted by atomic mass is 10.3. The van der Waals surface area contributed by atoms with Crippen molar-refractivity contribution >= 4 is 24.8 Å². The molecule has 1 atom stereocenters. The Kier molecular flexibility index (Phi) is 3.95. The van der Waals surface area contributed by atoms with Crippen LogP contribution in [0.25, 0.3) is 0 Å². The predicted octanol–water partition coefficient (Wildman–Crippen LogP) is 4.65. The minimum absolute atomic E-state index is 0.522. The number of para-hydroxylation sites is 1. The molecule has 0 aromatic heterocycles. The Morgan fingerprint density at radius 2 is 1.67 bits per heavy atom. The van der Waals surface area contributed by atoms with Crippen LogP contribution in [0.1, 0.15) is 0 Å². The van der Waals surface area contributed by atoms with Crippen LogP contribution in [-0.2, 0) is 4.57 Å². The van der Waals surface area contributed by atoms with Gasteiger partial charge in [0.05, 0.1) is 0 Å². The van der Waals surface area contributed by atoms with E-state index in [0.717, 1.165) is 5.69 Å². The number of halogens is 1. The van der Waals surface area contributed by atoms with Crippen LogP contribution in [-0.4, -0.2) is 6.66 Å². The quantitative estimate of drug-likeness (QED) is 0.829. The number of anilines is 1. The van der Waals surface area contributed by atoms with E-state index in [2.05, 4.69) is 5.09 Å². The SMILES string of the molecule is C[P@@](=O)(Nc1ccccc1)Oc1ccc(Cl)cc1. The average Bonchev–Trinajstić information content (AvgIpc) is 2.32. The van der Waals surface area contributed by atoms with Crippen molar-refractivity contribution in [2.75, 3.05) is 11.8 Å². The van der Waals surface area contributed by atoms with E-state index in [9.17, 15) is 4.57 Å². The van der Waals surface area contributed by atoms with Gasteiger partial charge in [-0.3, -0.25) is 4.57 Å². The highest BCUT2D eigenvalue weighted by molar-refractivity contribution is 7.60. The molecule has 18 heavy (non-hydrogen) atoms. The Morgan fingerprint density at radius 3 is 2.28 bits per heavy atom. The van der Waals surface area contributed by atoms with E-state index in [1.807, 2.05) is 30.3 Å². The first-order chi connectivity index (χ1) is 8.55. The van der Waals surface area contributed by atoms with Crippen molar-refractivity contribution in [3.63, 3.8) is 0 Å². The normalized spacial score (nSPS) is 13.7. The predicted molar refractivity (Wildman–Crippen MR) is 75.7 cm³/mol. The van der Waals surface area contributed by atoms with E-state index in [0.29, 0.717) is 10.8 Å². The Morgan fingerprint density at radius 1 is 1.06 bits per heavy atom. The third-order valence-corrected chi connectivity index (χ3v) is 3.67. The van der Waals surface area contributed by atoms with Gasteiger partial charge in [0.1, 0.15) is 5.75 Å². The first-order valence-electron chi connectivity index (χ1n) is 5.41. The summed E-state index contributed by atoms with van der Waals surface area (Å²) in [6.45, 7) is 1.54. The fourth-order valence-electron chi connectivity index (χ4n) is 1.47. The minimum atomic E-state index is -2.94. The molecule has 94 valence electrons. The molecule has 0 saturated carbocycles. The van der Waals surface area contributed by atoms with E-state index in [-0.39, 0.29) is 0 Å². The van der Waals surface area contributed by atoms with Crippen LogP contribution in [0.3, 0.4) is 0 Å². The number of hydrogen-bond acceptors (Lipinski definition) is 2. The highest BCUT2D eigenvalue weighted by atomic mass is 35.5. The number of benzene rings is 2. The second-order valence-corrected chi connectivity index (χ2v) is 6.40. The van der Waals surface area contributed by atoms with Gasteiger partial charge in [0.25, 0.3) is 0 Å². The largest absolute Gasteiger partial charge is 0.429 e. The summed E-state index contributed by atoms with van der Waals surface area (Å²) in [5.74, 6) is 0.522. The van der Waals surface area contributed by atoms with Crippen molar-refractivity contribution in [1.82, 2.24) is 0 Å². The molecule has 0 unspecified atom stereocenters. The van der Waals surface area contributed by atoms with Crippen LogP contribution in [0, 0.1) is 0 Å². The van der Waals surface area contributed by atoms with Gasteiger partial charge in [-0.15, -0.1) is 0 Å². The number of hydrogen-bond donors (Lipinski definition) is 1. The lowest BCUT2D eigenvalue weighted by molar-refractivity contribution is 0.493. The number of rotatable bonds is 4. The van der Waals surface area contributed by atoms with Crippen LogP contribution in [0.4, 0.5) is 5.69 Å². The van der Waals surface area contributed by atoms with Gasteiger partial charge in [-0.05, 0) is 36.4 Å². The molecule has 2 aromatic rings. The molecule has 0 fully saturated rings. The van der Waals surface area contributed by atoms with E-state index in [1.165, 1.54) is 6.66 Å². The summed E-state index contributed by atoms with van der Waals surface area (Å²) in [5, 5.41) is 3.50. The van der Waals surface area contributed by atoms with Crippen molar-refractivity contribution in [2.45, 2.75) is 0 Å². The molecule has 5 heteroatoms. The molecule has 1 N–H and O–H groups in total. The summed E-state index contributed by atoms with van der Waals surface area (Å²) >= 11 is 5.77. The molecule has 3 nitrogen and oxygen atoms in total. The smallest absolute Gasteiger partial charge is 0.338 e. The summed E-state index contributed by atoms with van der Waals surface area (Å²) in [6.07, 6.45) is 0. The van der Waals surface area contributed by atoms with Gasteiger partial charge in [-0.1, -0.05) is 29.8 Å². The zero-order chi connectivity index (χ0) is 13.0. The summed E-state index contributed by atoms with van der Waals surface area (Å²) in [7, 11) is -2.94. The van der Waals surface area contributed by atoms with Crippen LogP contribution in [0.15, 0.2) is 54.6 Å². The molecule has 0 saturated heterocycles. The average molecular weight is 282 g/mol. The molecule has 0 spiro atoms. The Balaban J connectivity index is 2.08. The van der Waals surface area contributed by atoms with Gasteiger partial charge in [0.15, 0.2) is 0 Å². The highest BCUT2D eigenvalue weighted by Gasteiger charge is 2.16. The maximum absolute atomic E-state index is 12.3. The zero-order valence-corrected chi connectivity index (χ0v) is 11.5. The Bertz CT molecular complexity index is 557. The van der Waals surface area contributed by atoms with E-state index in [1.54, 1.807) is 24.3 Å². The number of nitrogens with one attached hydrogen (secondary N) is 1. The maximum Gasteiger partial charge on any atom is 0.338 e. The molecular weight excluding hydrogens is 269 g/mol. The molecule has 0 aliphatic heterocycles. The van der Waals surface area contributed by atoms with Crippen molar-refractivity contribution in [2.24, 2.45) is 0 Å². The van der Waals surface area contributed by atoms with Gasteiger partial charge in [0.2, 0.25) is 0 Å². The lowest BCUT2D eigenvalue weighted by Gasteiger charge is -2.17. The third kappa shape index (κ3) is 3.80. The van der Waals surface area contributed by atoms with Gasteiger partial charge >= 0.3 is 7.52 Å². The maximum atomic E-state index is 12.3. The molecule has 0 aliphatic carbocycles. The molecule has 0 amide bonds. The summed E-state index contributed by atoms with van der Waals surface area (Å²) in [5.41, 5.74) is 0.761. The zero-order valence-electron chi connectivity index (χ0n) is 9.84. The fourth-order valence-corrected chi connectivity index (χ4v) is 2.78. The van der Waals surface area contributed by atoms with Gasteiger partial charge in [0, 0.05) is 17.4 Å². The second kappa shape index (κ2) is 5.47. The summed E-state index contributed by atoms with van der Waals surface area (Å²) in [6, 6.07) is 16.1. The first-order valence-corrected chi connectivity index (χ1v) is 7.86. The molecule has 0 bridgehead atoms. The van der Waals surface area contributed by atoms with E-state index < -0.39 is 7.52 Å². The van der Waals surface area contributed by atoms with Gasteiger partial charge in [-0.2, -0.15) is 0 Å². The lowest BCUT2D eigenvalue weighted by Crippen LogP contribution is -2.01. The molecule has 0 heterocycles.